The minimum atomic E-state index is -0.758. The molecule has 0 atom stereocenters. The molecule has 140 valence electrons. The summed E-state index contributed by atoms with van der Waals surface area (Å²) in [6.45, 7) is 2.98. The van der Waals surface area contributed by atoms with Gasteiger partial charge in [-0.15, -0.1) is 0 Å². The van der Waals surface area contributed by atoms with Gasteiger partial charge in [0.15, 0.2) is 0 Å². The van der Waals surface area contributed by atoms with E-state index in [9.17, 15) is 25.0 Å². The molecule has 1 saturated heterocycles. The molecule has 27 heavy (non-hydrogen) atoms. The van der Waals surface area contributed by atoms with E-state index in [1.54, 1.807) is 4.90 Å². The predicted octanol–water partition coefficient (Wildman–Crippen LogP) is 2.46. The second-order valence-corrected chi connectivity index (χ2v) is 6.27. The van der Waals surface area contributed by atoms with Crippen molar-refractivity contribution in [3.05, 3.63) is 79.9 Å². The minimum absolute atomic E-state index is 0.123. The van der Waals surface area contributed by atoms with Gasteiger partial charge in [0.05, 0.1) is 15.9 Å². The summed E-state index contributed by atoms with van der Waals surface area (Å²) in [5, 5.41) is 22.1. The first kappa shape index (κ1) is 18.5. The third-order valence-corrected chi connectivity index (χ3v) is 4.53. The molecule has 0 unspecified atom stereocenters. The van der Waals surface area contributed by atoms with Crippen LogP contribution in [0.4, 0.5) is 11.4 Å². The number of hydrogen-bond acceptors (Lipinski definition) is 6. The van der Waals surface area contributed by atoms with Crippen molar-refractivity contribution < 1.29 is 14.6 Å². The van der Waals surface area contributed by atoms with Crippen LogP contribution >= 0.6 is 0 Å². The van der Waals surface area contributed by atoms with Gasteiger partial charge in [-0.1, -0.05) is 30.3 Å². The summed E-state index contributed by atoms with van der Waals surface area (Å²) in [5.41, 5.74) is 0.109. The molecular formula is C18H18N4O5. The molecule has 0 aliphatic carbocycles. The molecule has 1 heterocycles. The third kappa shape index (κ3) is 4.26. The fourth-order valence-corrected chi connectivity index (χ4v) is 3.09. The number of non-ortho nitro benzene ring substituents is 1. The molecule has 1 fully saturated rings. The van der Waals surface area contributed by atoms with Crippen LogP contribution in [0, 0.1) is 20.2 Å². The van der Waals surface area contributed by atoms with Gasteiger partial charge < -0.3 is 4.90 Å². The number of piperazine rings is 1. The molecule has 0 N–H and O–H groups in total. The Bertz CT molecular complexity index is 863. The Morgan fingerprint density at radius 3 is 2.19 bits per heavy atom. The van der Waals surface area contributed by atoms with Crippen molar-refractivity contribution in [2.45, 2.75) is 6.54 Å². The average molecular weight is 370 g/mol. The lowest BCUT2D eigenvalue weighted by atomic mass is 10.1. The smallest absolute Gasteiger partial charge is 0.289 e. The number of carbonyl (C=O) groups excluding carboxylic acids is 1. The molecule has 1 aliphatic rings. The number of nitrogens with zero attached hydrogens (tertiary/aromatic N) is 4. The number of nitro groups is 2. The quantitative estimate of drug-likeness (QED) is 0.591. The Labute approximate surface area is 155 Å². The Hall–Kier alpha value is -3.33. The molecule has 0 radical (unpaired) electrons. The summed E-state index contributed by atoms with van der Waals surface area (Å²) in [7, 11) is 0. The number of nitro benzene ring substituents is 2. The van der Waals surface area contributed by atoms with Crippen molar-refractivity contribution in [2.75, 3.05) is 26.2 Å². The van der Waals surface area contributed by atoms with E-state index in [1.807, 2.05) is 30.3 Å². The van der Waals surface area contributed by atoms with E-state index in [0.717, 1.165) is 24.7 Å². The van der Waals surface area contributed by atoms with Crippen LogP contribution in [-0.4, -0.2) is 51.7 Å². The van der Waals surface area contributed by atoms with E-state index in [4.69, 9.17) is 0 Å². The fraction of sp³-hybridized carbons (Fsp3) is 0.278. The van der Waals surface area contributed by atoms with Crippen LogP contribution in [0.1, 0.15) is 15.9 Å². The van der Waals surface area contributed by atoms with Gasteiger partial charge in [-0.25, -0.2) is 0 Å². The standard InChI is InChI=1S/C18H18N4O5/c23-18(16-7-6-15(21(24)25)12-17(16)22(26)27)20-10-8-19(9-11-20)13-14-4-2-1-3-5-14/h1-7,12H,8-11,13H2. The van der Waals surface area contributed by atoms with Crippen LogP contribution in [0.25, 0.3) is 0 Å². The minimum Gasteiger partial charge on any atom is -0.336 e. The first-order valence-corrected chi connectivity index (χ1v) is 8.44. The van der Waals surface area contributed by atoms with E-state index in [1.165, 1.54) is 5.56 Å². The highest BCUT2D eigenvalue weighted by molar-refractivity contribution is 5.98. The maximum Gasteiger partial charge on any atom is 0.289 e. The van der Waals surface area contributed by atoms with Gasteiger partial charge in [-0.2, -0.15) is 0 Å². The molecular weight excluding hydrogens is 352 g/mol. The van der Waals surface area contributed by atoms with Gasteiger partial charge >= 0.3 is 0 Å². The Balaban J connectivity index is 1.69. The van der Waals surface area contributed by atoms with E-state index in [-0.39, 0.29) is 5.56 Å². The molecule has 0 saturated carbocycles. The topological polar surface area (TPSA) is 110 Å². The van der Waals surface area contributed by atoms with Gasteiger partial charge in [0.1, 0.15) is 5.56 Å². The summed E-state index contributed by atoms with van der Waals surface area (Å²) in [6, 6.07) is 13.1. The summed E-state index contributed by atoms with van der Waals surface area (Å²) >= 11 is 0. The van der Waals surface area contributed by atoms with Crippen molar-refractivity contribution in [3.8, 4) is 0 Å². The first-order chi connectivity index (χ1) is 13.0. The lowest BCUT2D eigenvalue weighted by Crippen LogP contribution is -2.48. The molecule has 1 amide bonds. The molecule has 0 spiro atoms. The first-order valence-electron chi connectivity index (χ1n) is 8.44. The lowest BCUT2D eigenvalue weighted by Gasteiger charge is -2.34. The number of hydrogen-bond donors (Lipinski definition) is 0. The molecule has 9 heteroatoms. The largest absolute Gasteiger partial charge is 0.336 e. The van der Waals surface area contributed by atoms with Crippen molar-refractivity contribution in [1.29, 1.82) is 0 Å². The highest BCUT2D eigenvalue weighted by Gasteiger charge is 2.29. The third-order valence-electron chi connectivity index (χ3n) is 4.53. The zero-order valence-electron chi connectivity index (χ0n) is 14.5. The molecule has 1 aliphatic heterocycles. The normalized spacial score (nSPS) is 14.7. The van der Waals surface area contributed by atoms with E-state index < -0.39 is 27.1 Å². The maximum atomic E-state index is 12.7. The molecule has 3 rings (SSSR count). The molecule has 0 bridgehead atoms. The lowest BCUT2D eigenvalue weighted by molar-refractivity contribution is -0.394. The second-order valence-electron chi connectivity index (χ2n) is 6.27. The van der Waals surface area contributed by atoms with Crippen molar-refractivity contribution in [2.24, 2.45) is 0 Å². The van der Waals surface area contributed by atoms with Gasteiger partial charge in [0.2, 0.25) is 0 Å². The number of rotatable bonds is 5. The van der Waals surface area contributed by atoms with Crippen LogP contribution in [0.5, 0.6) is 0 Å². The van der Waals surface area contributed by atoms with Crippen molar-refractivity contribution in [1.82, 2.24) is 9.80 Å². The van der Waals surface area contributed by atoms with Gasteiger partial charge in [0.25, 0.3) is 17.3 Å². The van der Waals surface area contributed by atoms with Crippen LogP contribution in [0.15, 0.2) is 48.5 Å². The van der Waals surface area contributed by atoms with Gasteiger partial charge in [0, 0.05) is 38.8 Å². The van der Waals surface area contributed by atoms with Crippen LogP contribution in [0.3, 0.4) is 0 Å². The summed E-state index contributed by atoms with van der Waals surface area (Å²) in [6.07, 6.45) is 0. The molecule has 9 nitrogen and oxygen atoms in total. The maximum absolute atomic E-state index is 12.7. The zero-order valence-corrected chi connectivity index (χ0v) is 14.5. The van der Waals surface area contributed by atoms with E-state index >= 15 is 0 Å². The van der Waals surface area contributed by atoms with Crippen molar-refractivity contribution in [3.63, 3.8) is 0 Å². The Kier molecular flexibility index (Phi) is 5.41. The van der Waals surface area contributed by atoms with Gasteiger partial charge in [-0.05, 0) is 11.6 Å². The Morgan fingerprint density at radius 1 is 0.926 bits per heavy atom. The van der Waals surface area contributed by atoms with Crippen LogP contribution in [0.2, 0.25) is 0 Å². The summed E-state index contributed by atoms with van der Waals surface area (Å²) in [5.74, 6) is -0.476. The highest BCUT2D eigenvalue weighted by atomic mass is 16.6. The van der Waals surface area contributed by atoms with E-state index in [2.05, 4.69) is 4.90 Å². The van der Waals surface area contributed by atoms with Crippen molar-refractivity contribution >= 4 is 17.3 Å². The monoisotopic (exact) mass is 370 g/mol. The molecule has 0 aromatic heterocycles. The van der Waals surface area contributed by atoms with Crippen LogP contribution in [-0.2, 0) is 6.54 Å². The second kappa shape index (κ2) is 7.92. The van der Waals surface area contributed by atoms with E-state index in [0.29, 0.717) is 26.2 Å². The number of carbonyl (C=O) groups is 1. The highest BCUT2D eigenvalue weighted by Crippen LogP contribution is 2.26. The number of amides is 1. The molecule has 2 aromatic rings. The van der Waals surface area contributed by atoms with Gasteiger partial charge in [-0.3, -0.25) is 29.9 Å². The Morgan fingerprint density at radius 2 is 1.59 bits per heavy atom. The SMILES string of the molecule is O=C(c1ccc([N+](=O)[O-])cc1[N+](=O)[O-])N1CCN(Cc2ccccc2)CC1. The molecule has 2 aromatic carbocycles. The van der Waals surface area contributed by atoms with Crippen LogP contribution < -0.4 is 0 Å². The zero-order chi connectivity index (χ0) is 19.4. The summed E-state index contributed by atoms with van der Waals surface area (Å²) < 4.78 is 0. The summed E-state index contributed by atoms with van der Waals surface area (Å²) in [4.78, 5) is 37.1. The predicted molar refractivity (Wildman–Crippen MR) is 97.4 cm³/mol. The fourth-order valence-electron chi connectivity index (χ4n) is 3.09. The number of benzene rings is 2. The average Bonchev–Trinajstić information content (AvgIpc) is 2.68.